The lowest BCUT2D eigenvalue weighted by Gasteiger charge is -2.28. The minimum atomic E-state index is -0.0108. The van der Waals surface area contributed by atoms with Crippen molar-refractivity contribution in [2.75, 3.05) is 26.3 Å². The van der Waals surface area contributed by atoms with Gasteiger partial charge in [0, 0.05) is 11.1 Å². The Bertz CT molecular complexity index is 843. The molecule has 0 spiro atoms. The molecule has 1 N–H and O–H groups in total. The molecule has 2 aliphatic rings. The summed E-state index contributed by atoms with van der Waals surface area (Å²) in [5, 5.41) is 4.20. The number of hydrogen-bond donors (Lipinski definition) is 1. The van der Waals surface area contributed by atoms with Crippen LogP contribution in [-0.2, 0) is 4.74 Å². The van der Waals surface area contributed by atoms with Gasteiger partial charge < -0.3 is 10.1 Å². The van der Waals surface area contributed by atoms with Crippen molar-refractivity contribution in [3.8, 4) is 0 Å². The molecule has 0 aliphatic carbocycles. The summed E-state index contributed by atoms with van der Waals surface area (Å²) in [7, 11) is 0. The fourth-order valence-electron chi connectivity index (χ4n) is 4.24. The maximum Gasteiger partial charge on any atom is 0.252 e. The number of aryl methyl sites for hydroxylation is 2. The van der Waals surface area contributed by atoms with E-state index in [4.69, 9.17) is 4.74 Å². The van der Waals surface area contributed by atoms with Crippen LogP contribution in [0.1, 0.15) is 40.0 Å². The molecule has 0 saturated carbocycles. The highest BCUT2D eigenvalue weighted by atomic mass is 16.5. The molecule has 1 aromatic heterocycles. The van der Waals surface area contributed by atoms with Crippen molar-refractivity contribution in [2.45, 2.75) is 45.7 Å². The number of benzene rings is 1. The Morgan fingerprint density at radius 3 is 2.73 bits per heavy atom. The van der Waals surface area contributed by atoms with E-state index in [9.17, 15) is 4.79 Å². The second-order valence-corrected chi connectivity index (χ2v) is 7.65. The number of hydrogen-bond acceptors (Lipinski definition) is 4. The zero-order chi connectivity index (χ0) is 18.3. The van der Waals surface area contributed by atoms with E-state index >= 15 is 0 Å². The topological polar surface area (TPSA) is 54.5 Å². The number of amides is 1. The number of pyridine rings is 1. The lowest BCUT2D eigenvalue weighted by atomic mass is 9.99. The maximum absolute atomic E-state index is 13.2. The van der Waals surface area contributed by atoms with Crippen molar-refractivity contribution in [1.29, 1.82) is 0 Å². The Labute approximate surface area is 154 Å². The first-order valence-corrected chi connectivity index (χ1v) is 9.55. The molecule has 2 saturated heterocycles. The summed E-state index contributed by atoms with van der Waals surface area (Å²) < 4.78 is 5.71. The normalized spacial score (nSPS) is 23.7. The lowest BCUT2D eigenvalue weighted by molar-refractivity contribution is 0.0917. The van der Waals surface area contributed by atoms with Gasteiger partial charge in [-0.2, -0.15) is 0 Å². The summed E-state index contributed by atoms with van der Waals surface area (Å²) in [4.78, 5) is 20.4. The van der Waals surface area contributed by atoms with Gasteiger partial charge in [0.25, 0.3) is 5.91 Å². The van der Waals surface area contributed by atoms with Crippen LogP contribution in [0, 0.1) is 20.8 Å². The SMILES string of the molecule is Cc1ccc2nc(C)c(C)c(C(=O)N[C@H]3COC[C@@H]3N3CCCC3)c2c1. The van der Waals surface area contributed by atoms with Crippen molar-refractivity contribution < 1.29 is 9.53 Å². The Morgan fingerprint density at radius 2 is 1.96 bits per heavy atom. The highest BCUT2D eigenvalue weighted by molar-refractivity contribution is 6.07. The molecular weight excluding hydrogens is 326 g/mol. The van der Waals surface area contributed by atoms with Gasteiger partial charge >= 0.3 is 0 Å². The second-order valence-electron chi connectivity index (χ2n) is 7.65. The van der Waals surface area contributed by atoms with Crippen LogP contribution in [-0.4, -0.2) is 54.2 Å². The van der Waals surface area contributed by atoms with E-state index in [0.29, 0.717) is 13.2 Å². The first kappa shape index (κ1) is 17.4. The number of carbonyl (C=O) groups excluding carboxylic acids is 1. The molecule has 5 heteroatoms. The van der Waals surface area contributed by atoms with E-state index in [1.54, 1.807) is 0 Å². The average Bonchev–Trinajstić information content (AvgIpc) is 3.27. The molecule has 0 bridgehead atoms. The Hall–Kier alpha value is -1.98. The van der Waals surface area contributed by atoms with E-state index in [1.165, 1.54) is 12.8 Å². The van der Waals surface area contributed by atoms with E-state index in [1.807, 2.05) is 32.9 Å². The van der Waals surface area contributed by atoms with Crippen LogP contribution < -0.4 is 5.32 Å². The third-order valence-corrected chi connectivity index (χ3v) is 5.83. The summed E-state index contributed by atoms with van der Waals surface area (Å²) in [5.41, 5.74) is 4.63. The highest BCUT2D eigenvalue weighted by Crippen LogP contribution is 2.25. The first-order valence-electron chi connectivity index (χ1n) is 9.55. The molecule has 2 atom stereocenters. The molecule has 1 amide bonds. The van der Waals surface area contributed by atoms with Gasteiger partial charge in [0.2, 0.25) is 0 Å². The minimum absolute atomic E-state index is 0.0108. The quantitative estimate of drug-likeness (QED) is 0.922. The molecule has 5 nitrogen and oxygen atoms in total. The number of nitrogens with one attached hydrogen (secondary N) is 1. The Kier molecular flexibility index (Phi) is 4.67. The summed E-state index contributed by atoms with van der Waals surface area (Å²) in [6.07, 6.45) is 2.48. The van der Waals surface area contributed by atoms with Crippen LogP contribution in [0.2, 0.25) is 0 Å². The Balaban J connectivity index is 1.65. The van der Waals surface area contributed by atoms with Gasteiger partial charge in [0.05, 0.1) is 36.4 Å². The third kappa shape index (κ3) is 3.10. The summed E-state index contributed by atoms with van der Waals surface area (Å²) in [6, 6.07) is 6.44. The van der Waals surface area contributed by atoms with Gasteiger partial charge in [-0.05, 0) is 64.4 Å². The predicted octanol–water partition coefficient (Wildman–Crippen LogP) is 2.75. The van der Waals surface area contributed by atoms with E-state index in [2.05, 4.69) is 21.3 Å². The van der Waals surface area contributed by atoms with Gasteiger partial charge in [-0.15, -0.1) is 0 Å². The fourth-order valence-corrected chi connectivity index (χ4v) is 4.24. The molecule has 2 aliphatic heterocycles. The average molecular weight is 353 g/mol. The van der Waals surface area contributed by atoms with E-state index < -0.39 is 0 Å². The van der Waals surface area contributed by atoms with Crippen molar-refractivity contribution in [3.05, 3.63) is 40.6 Å². The number of aromatic nitrogens is 1. The lowest BCUT2D eigenvalue weighted by Crippen LogP contribution is -2.50. The summed E-state index contributed by atoms with van der Waals surface area (Å²) in [5.74, 6) is -0.0108. The summed E-state index contributed by atoms with van der Waals surface area (Å²) in [6.45, 7) is 9.52. The van der Waals surface area contributed by atoms with Gasteiger partial charge in [-0.3, -0.25) is 14.7 Å². The van der Waals surface area contributed by atoms with Gasteiger partial charge in [0.15, 0.2) is 0 Å². The zero-order valence-electron chi connectivity index (χ0n) is 15.8. The van der Waals surface area contributed by atoms with Crippen LogP contribution in [0.4, 0.5) is 0 Å². The van der Waals surface area contributed by atoms with Crippen LogP contribution in [0.3, 0.4) is 0 Å². The molecule has 3 heterocycles. The van der Waals surface area contributed by atoms with Crippen molar-refractivity contribution in [2.24, 2.45) is 0 Å². The molecule has 138 valence electrons. The number of nitrogens with zero attached hydrogens (tertiary/aromatic N) is 2. The Morgan fingerprint density at radius 1 is 1.19 bits per heavy atom. The highest BCUT2D eigenvalue weighted by Gasteiger charge is 2.35. The molecule has 2 fully saturated rings. The van der Waals surface area contributed by atoms with Crippen molar-refractivity contribution in [3.63, 3.8) is 0 Å². The fraction of sp³-hybridized carbons (Fsp3) is 0.524. The molecule has 4 rings (SSSR count). The second kappa shape index (κ2) is 6.97. The van der Waals surface area contributed by atoms with Crippen molar-refractivity contribution in [1.82, 2.24) is 15.2 Å². The van der Waals surface area contributed by atoms with Crippen LogP contribution in [0.5, 0.6) is 0 Å². The number of likely N-dealkylation sites (tertiary alicyclic amines) is 1. The molecule has 0 unspecified atom stereocenters. The zero-order valence-corrected chi connectivity index (χ0v) is 15.8. The smallest absolute Gasteiger partial charge is 0.252 e. The van der Waals surface area contributed by atoms with Crippen LogP contribution in [0.25, 0.3) is 10.9 Å². The van der Waals surface area contributed by atoms with Gasteiger partial charge in [-0.1, -0.05) is 11.6 Å². The molecular formula is C21H27N3O2. The van der Waals surface area contributed by atoms with Gasteiger partial charge in [0.1, 0.15) is 0 Å². The standard InChI is InChI=1S/C21H27N3O2/c1-13-6-7-17-16(10-13)20(14(2)15(3)22-17)21(25)23-18-11-26-12-19(18)24-8-4-5-9-24/h6-7,10,18-19H,4-5,8-9,11-12H2,1-3H3,(H,23,25)/t18-,19-/m0/s1. The third-order valence-electron chi connectivity index (χ3n) is 5.83. The van der Waals surface area contributed by atoms with Crippen LogP contribution >= 0.6 is 0 Å². The number of carbonyl (C=O) groups is 1. The van der Waals surface area contributed by atoms with E-state index in [0.717, 1.165) is 46.4 Å². The van der Waals surface area contributed by atoms with Crippen molar-refractivity contribution >= 4 is 16.8 Å². The number of fused-ring (bicyclic) bond motifs is 1. The monoisotopic (exact) mass is 353 g/mol. The first-order chi connectivity index (χ1) is 12.5. The minimum Gasteiger partial charge on any atom is -0.378 e. The van der Waals surface area contributed by atoms with E-state index in [-0.39, 0.29) is 18.0 Å². The molecule has 26 heavy (non-hydrogen) atoms. The molecule has 2 aromatic rings. The maximum atomic E-state index is 13.2. The van der Waals surface area contributed by atoms with Crippen LogP contribution in [0.15, 0.2) is 18.2 Å². The molecule has 0 radical (unpaired) electrons. The van der Waals surface area contributed by atoms with Gasteiger partial charge in [-0.25, -0.2) is 0 Å². The predicted molar refractivity (Wildman–Crippen MR) is 103 cm³/mol. The number of ether oxygens (including phenoxy) is 1. The number of rotatable bonds is 3. The largest absolute Gasteiger partial charge is 0.378 e. The molecule has 1 aromatic carbocycles. The summed E-state index contributed by atoms with van der Waals surface area (Å²) >= 11 is 0.